The number of hydrogen-bond acceptors (Lipinski definition) is 2. The minimum atomic E-state index is 0.192. The normalized spacial score (nSPS) is 12.9. The van der Waals surface area contributed by atoms with Crippen LogP contribution in [0.1, 0.15) is 24.8 Å². The molecule has 90 valence electrons. The molecule has 1 atom stereocenters. The molecule has 0 spiro atoms. The molecule has 1 N–H and O–H groups in total. The van der Waals surface area contributed by atoms with Crippen molar-refractivity contribution in [3.05, 3.63) is 39.6 Å². The van der Waals surface area contributed by atoms with Crippen molar-refractivity contribution in [2.24, 2.45) is 0 Å². The molecule has 4 heteroatoms. The molecule has 0 fully saturated rings. The van der Waals surface area contributed by atoms with Crippen LogP contribution >= 0.6 is 27.5 Å². The maximum absolute atomic E-state index is 9.03. The van der Waals surface area contributed by atoms with E-state index in [1.165, 1.54) is 5.56 Å². The molecule has 0 bridgehead atoms. The van der Waals surface area contributed by atoms with Crippen LogP contribution in [0.5, 0.6) is 0 Å². The molecule has 2 rings (SSSR count). The SMILES string of the molecule is CC(CCO)c1ccc(Br)c2cnc(Cl)cc12. The standard InChI is InChI=1S/C13H13BrClNO/c1-8(4-5-17)9-2-3-12(14)11-7-16-13(15)6-10(9)11/h2-3,6-8,17H,4-5H2,1H3. The Labute approximate surface area is 114 Å². The van der Waals surface area contributed by atoms with E-state index in [4.69, 9.17) is 16.7 Å². The van der Waals surface area contributed by atoms with E-state index in [0.717, 1.165) is 21.7 Å². The Morgan fingerprint density at radius 2 is 2.18 bits per heavy atom. The van der Waals surface area contributed by atoms with E-state index in [0.29, 0.717) is 11.1 Å². The van der Waals surface area contributed by atoms with Gasteiger partial charge in [-0.3, -0.25) is 0 Å². The Kier molecular flexibility index (Phi) is 4.02. The fourth-order valence-electron chi connectivity index (χ4n) is 1.98. The van der Waals surface area contributed by atoms with Gasteiger partial charge in [0.05, 0.1) is 0 Å². The quantitative estimate of drug-likeness (QED) is 0.864. The summed E-state index contributed by atoms with van der Waals surface area (Å²) in [5.41, 5.74) is 1.20. The van der Waals surface area contributed by atoms with E-state index in [2.05, 4.69) is 33.9 Å². The van der Waals surface area contributed by atoms with E-state index in [9.17, 15) is 0 Å². The highest BCUT2D eigenvalue weighted by atomic mass is 79.9. The van der Waals surface area contributed by atoms with E-state index in [-0.39, 0.29) is 6.61 Å². The van der Waals surface area contributed by atoms with E-state index in [1.54, 1.807) is 6.20 Å². The van der Waals surface area contributed by atoms with Gasteiger partial charge in [-0.25, -0.2) is 4.98 Å². The van der Waals surface area contributed by atoms with Gasteiger partial charge in [0.1, 0.15) is 5.15 Å². The average molecular weight is 315 g/mol. The summed E-state index contributed by atoms with van der Waals surface area (Å²) in [7, 11) is 0. The maximum Gasteiger partial charge on any atom is 0.129 e. The second-order valence-electron chi connectivity index (χ2n) is 4.10. The highest BCUT2D eigenvalue weighted by Crippen LogP contribution is 2.32. The number of rotatable bonds is 3. The van der Waals surface area contributed by atoms with Crippen molar-refractivity contribution in [1.29, 1.82) is 0 Å². The molecule has 1 aromatic heterocycles. The Hall–Kier alpha value is -0.640. The highest BCUT2D eigenvalue weighted by molar-refractivity contribution is 9.10. The lowest BCUT2D eigenvalue weighted by atomic mass is 9.93. The number of halogens is 2. The molecule has 0 radical (unpaired) electrons. The van der Waals surface area contributed by atoms with Crippen molar-refractivity contribution in [1.82, 2.24) is 4.98 Å². The van der Waals surface area contributed by atoms with Crippen molar-refractivity contribution in [3.8, 4) is 0 Å². The second kappa shape index (κ2) is 5.34. The number of pyridine rings is 1. The maximum atomic E-state index is 9.03. The van der Waals surface area contributed by atoms with Crippen molar-refractivity contribution in [3.63, 3.8) is 0 Å². The molecule has 2 nitrogen and oxygen atoms in total. The minimum absolute atomic E-state index is 0.192. The zero-order valence-corrected chi connectivity index (χ0v) is 11.8. The van der Waals surface area contributed by atoms with E-state index in [1.807, 2.05) is 12.1 Å². The molecule has 17 heavy (non-hydrogen) atoms. The third-order valence-electron chi connectivity index (χ3n) is 2.94. The van der Waals surface area contributed by atoms with E-state index < -0.39 is 0 Å². The van der Waals surface area contributed by atoms with Crippen LogP contribution in [0.15, 0.2) is 28.9 Å². The molecule has 0 aliphatic carbocycles. The van der Waals surface area contributed by atoms with Gasteiger partial charge in [0.15, 0.2) is 0 Å². The lowest BCUT2D eigenvalue weighted by Crippen LogP contribution is -1.98. The van der Waals surface area contributed by atoms with Crippen LogP contribution in [0.3, 0.4) is 0 Å². The van der Waals surface area contributed by atoms with Crippen LogP contribution in [0, 0.1) is 0 Å². The molecular formula is C13H13BrClNO. The zero-order chi connectivity index (χ0) is 12.4. The van der Waals surface area contributed by atoms with Crippen molar-refractivity contribution >= 4 is 38.3 Å². The summed E-state index contributed by atoms with van der Waals surface area (Å²) < 4.78 is 1.01. The first-order chi connectivity index (χ1) is 8.13. The smallest absolute Gasteiger partial charge is 0.129 e. The molecule has 1 heterocycles. The molecule has 1 aromatic carbocycles. The summed E-state index contributed by atoms with van der Waals surface area (Å²) in [5.74, 6) is 0.300. The van der Waals surface area contributed by atoms with Crippen LogP contribution in [0.2, 0.25) is 5.15 Å². The molecule has 0 amide bonds. The Bertz CT molecular complexity index is 544. The fraction of sp³-hybridized carbons (Fsp3) is 0.308. The van der Waals surface area contributed by atoms with Gasteiger partial charge in [0, 0.05) is 22.7 Å². The number of aliphatic hydroxyl groups excluding tert-OH is 1. The zero-order valence-electron chi connectivity index (χ0n) is 9.45. The summed E-state index contributed by atoms with van der Waals surface area (Å²) in [6.45, 7) is 2.30. The van der Waals surface area contributed by atoms with Crippen LogP contribution < -0.4 is 0 Å². The summed E-state index contributed by atoms with van der Waals surface area (Å²) in [6, 6.07) is 5.97. The predicted octanol–water partition coefficient (Wildman–Crippen LogP) is 4.14. The average Bonchev–Trinajstić information content (AvgIpc) is 2.29. The van der Waals surface area contributed by atoms with E-state index >= 15 is 0 Å². The number of aromatic nitrogens is 1. The number of fused-ring (bicyclic) bond motifs is 1. The van der Waals surface area contributed by atoms with Crippen LogP contribution in [0.25, 0.3) is 10.8 Å². The van der Waals surface area contributed by atoms with Crippen molar-refractivity contribution < 1.29 is 5.11 Å². The summed E-state index contributed by atoms with van der Waals surface area (Å²) in [6.07, 6.45) is 2.52. The Morgan fingerprint density at radius 1 is 1.41 bits per heavy atom. The van der Waals surface area contributed by atoms with Gasteiger partial charge < -0.3 is 5.11 Å². The van der Waals surface area contributed by atoms with Gasteiger partial charge in [-0.05, 0) is 35.4 Å². The topological polar surface area (TPSA) is 33.1 Å². The summed E-state index contributed by atoms with van der Waals surface area (Å²) >= 11 is 9.46. The predicted molar refractivity (Wildman–Crippen MR) is 74.6 cm³/mol. The summed E-state index contributed by atoms with van der Waals surface area (Å²) in [4.78, 5) is 4.10. The molecule has 0 aliphatic heterocycles. The largest absolute Gasteiger partial charge is 0.396 e. The first kappa shape index (κ1) is 12.8. The second-order valence-corrected chi connectivity index (χ2v) is 5.34. The first-order valence-electron chi connectivity index (χ1n) is 5.48. The molecular weight excluding hydrogens is 302 g/mol. The van der Waals surface area contributed by atoms with Crippen molar-refractivity contribution in [2.45, 2.75) is 19.3 Å². The third-order valence-corrected chi connectivity index (χ3v) is 3.84. The van der Waals surface area contributed by atoms with Gasteiger partial charge in [0.25, 0.3) is 0 Å². The molecule has 0 saturated carbocycles. The molecule has 1 unspecified atom stereocenters. The van der Waals surface area contributed by atoms with Crippen LogP contribution in [0.4, 0.5) is 0 Å². The molecule has 0 saturated heterocycles. The minimum Gasteiger partial charge on any atom is -0.396 e. The number of hydrogen-bond donors (Lipinski definition) is 1. The van der Waals surface area contributed by atoms with Crippen molar-refractivity contribution in [2.75, 3.05) is 6.61 Å². The van der Waals surface area contributed by atoms with Gasteiger partial charge in [-0.1, -0.05) is 40.5 Å². The van der Waals surface area contributed by atoms with Gasteiger partial charge in [0.2, 0.25) is 0 Å². The summed E-state index contributed by atoms with van der Waals surface area (Å²) in [5, 5.41) is 11.7. The Balaban J connectivity index is 2.63. The van der Waals surface area contributed by atoms with Crippen LogP contribution in [-0.4, -0.2) is 16.7 Å². The monoisotopic (exact) mass is 313 g/mol. The lowest BCUT2D eigenvalue weighted by molar-refractivity contribution is 0.279. The van der Waals surface area contributed by atoms with Crippen LogP contribution in [-0.2, 0) is 0 Å². The first-order valence-corrected chi connectivity index (χ1v) is 6.65. The fourth-order valence-corrected chi connectivity index (χ4v) is 2.59. The number of benzene rings is 1. The third kappa shape index (κ3) is 2.62. The molecule has 2 aromatic rings. The lowest BCUT2D eigenvalue weighted by Gasteiger charge is -2.14. The number of aliphatic hydroxyl groups is 1. The Morgan fingerprint density at radius 3 is 2.88 bits per heavy atom. The van der Waals surface area contributed by atoms with Gasteiger partial charge in [-0.2, -0.15) is 0 Å². The van der Waals surface area contributed by atoms with Gasteiger partial charge in [-0.15, -0.1) is 0 Å². The van der Waals surface area contributed by atoms with Gasteiger partial charge >= 0.3 is 0 Å². The number of nitrogens with zero attached hydrogens (tertiary/aromatic N) is 1. The molecule has 0 aliphatic rings. The highest BCUT2D eigenvalue weighted by Gasteiger charge is 2.11.